The maximum Gasteiger partial charge on any atom is 0.417 e. The summed E-state index contributed by atoms with van der Waals surface area (Å²) in [6, 6.07) is 15.0. The van der Waals surface area contributed by atoms with Crippen molar-refractivity contribution in [2.24, 2.45) is 5.92 Å². The number of hydrogen-bond acceptors (Lipinski definition) is 4. The fraction of sp³-hybridized carbons (Fsp3) is 0.233. The van der Waals surface area contributed by atoms with Crippen LogP contribution in [0.3, 0.4) is 0 Å². The molecule has 3 atom stereocenters. The average molecular weight is 569 g/mol. The Morgan fingerprint density at radius 3 is 2.50 bits per heavy atom. The number of ketones is 2. The van der Waals surface area contributed by atoms with Crippen molar-refractivity contribution in [3.8, 4) is 5.69 Å². The van der Waals surface area contributed by atoms with Gasteiger partial charge in [-0.05, 0) is 60.9 Å². The third kappa shape index (κ3) is 4.43. The predicted octanol–water partition coefficient (Wildman–Crippen LogP) is 6.88. The largest absolute Gasteiger partial charge is 0.417 e. The van der Waals surface area contributed by atoms with Crippen LogP contribution in [0, 0.1) is 11.7 Å². The highest BCUT2D eigenvalue weighted by molar-refractivity contribution is 6.35. The molecule has 3 unspecified atom stereocenters. The Kier molecular flexibility index (Phi) is 6.39. The van der Waals surface area contributed by atoms with Crippen molar-refractivity contribution in [1.82, 2.24) is 9.78 Å². The summed E-state index contributed by atoms with van der Waals surface area (Å²) in [6.45, 7) is 0. The number of alkyl halides is 3. The number of carbonyl (C=O) groups excluding carboxylic acids is 2. The minimum Gasteiger partial charge on any atom is -0.380 e. The van der Waals surface area contributed by atoms with Gasteiger partial charge in [0.15, 0.2) is 5.78 Å². The maximum absolute atomic E-state index is 15.5. The first-order valence-corrected chi connectivity index (χ1v) is 13.0. The highest BCUT2D eigenvalue weighted by Gasteiger charge is 2.48. The van der Waals surface area contributed by atoms with E-state index in [2.05, 4.69) is 5.10 Å². The minimum absolute atomic E-state index is 0.0283. The van der Waals surface area contributed by atoms with Crippen LogP contribution < -0.4 is 0 Å². The van der Waals surface area contributed by atoms with Gasteiger partial charge in [-0.15, -0.1) is 0 Å². The number of hydrogen-bond donors (Lipinski definition) is 1. The number of carbonyl (C=O) groups is 2. The number of aliphatic hydroxyl groups is 1. The summed E-state index contributed by atoms with van der Waals surface area (Å²) in [7, 11) is 0. The van der Waals surface area contributed by atoms with E-state index < -0.39 is 40.8 Å². The summed E-state index contributed by atoms with van der Waals surface area (Å²) in [4.78, 5) is 26.3. The van der Waals surface area contributed by atoms with Crippen LogP contribution in [0.15, 0.2) is 66.7 Å². The predicted molar refractivity (Wildman–Crippen MR) is 138 cm³/mol. The van der Waals surface area contributed by atoms with Gasteiger partial charge in [-0.1, -0.05) is 54.1 Å². The molecule has 1 fully saturated rings. The molecule has 40 heavy (non-hydrogen) atoms. The lowest BCUT2D eigenvalue weighted by Crippen LogP contribution is -2.16. The lowest BCUT2D eigenvalue weighted by atomic mass is 9.91. The quantitative estimate of drug-likeness (QED) is 0.203. The van der Waals surface area contributed by atoms with Crippen LogP contribution in [0.4, 0.5) is 17.6 Å². The third-order valence-corrected chi connectivity index (χ3v) is 7.97. The molecule has 1 N–H and O–H groups in total. The lowest BCUT2D eigenvalue weighted by molar-refractivity contribution is -0.137. The third-order valence-electron chi connectivity index (χ3n) is 7.65. The molecule has 10 heteroatoms. The van der Waals surface area contributed by atoms with Gasteiger partial charge in [-0.3, -0.25) is 9.59 Å². The number of rotatable bonds is 6. The Bertz CT molecular complexity index is 1670. The minimum atomic E-state index is -4.82. The number of aliphatic hydroxyl groups excluding tert-OH is 1. The molecule has 0 amide bonds. The second kappa shape index (κ2) is 9.67. The molecule has 5 nitrogen and oxygen atoms in total. The first kappa shape index (κ1) is 26.4. The van der Waals surface area contributed by atoms with E-state index in [0.29, 0.717) is 17.7 Å². The molecule has 3 aromatic carbocycles. The fourth-order valence-electron chi connectivity index (χ4n) is 5.59. The van der Waals surface area contributed by atoms with Gasteiger partial charge in [0, 0.05) is 16.8 Å². The molecule has 0 spiro atoms. The fourth-order valence-corrected chi connectivity index (χ4v) is 5.85. The van der Waals surface area contributed by atoms with Crippen LogP contribution in [-0.4, -0.2) is 26.5 Å². The van der Waals surface area contributed by atoms with Crippen molar-refractivity contribution in [2.45, 2.75) is 37.5 Å². The molecule has 0 radical (unpaired) electrons. The Morgan fingerprint density at radius 1 is 1.05 bits per heavy atom. The average Bonchev–Trinajstić information content (AvgIpc) is 3.64. The van der Waals surface area contributed by atoms with Crippen LogP contribution in [0.25, 0.3) is 5.69 Å². The highest BCUT2D eigenvalue weighted by Crippen LogP contribution is 2.56. The van der Waals surface area contributed by atoms with Crippen molar-refractivity contribution < 1.29 is 32.3 Å². The van der Waals surface area contributed by atoms with Crippen LogP contribution in [0.2, 0.25) is 5.02 Å². The molecule has 0 saturated heterocycles. The SMILES string of the molecule is O=C(c1nn(-c2ccc(C(O)C(=O)c3ccccc3)cc2F)c2c1C1CC1CC2)c1c(Cl)cccc1C(F)(F)F. The second-order valence-electron chi connectivity index (χ2n) is 10.1. The summed E-state index contributed by atoms with van der Waals surface area (Å²) in [5, 5.41) is 14.6. The van der Waals surface area contributed by atoms with E-state index in [4.69, 9.17) is 11.6 Å². The molecule has 204 valence electrons. The zero-order valence-electron chi connectivity index (χ0n) is 20.8. The smallest absolute Gasteiger partial charge is 0.380 e. The van der Waals surface area contributed by atoms with Crippen LogP contribution >= 0.6 is 11.6 Å². The van der Waals surface area contributed by atoms with Gasteiger partial charge in [-0.2, -0.15) is 18.3 Å². The Hall–Kier alpha value is -3.82. The van der Waals surface area contributed by atoms with E-state index in [-0.39, 0.29) is 39.4 Å². The van der Waals surface area contributed by atoms with E-state index in [1.165, 1.54) is 22.9 Å². The van der Waals surface area contributed by atoms with E-state index in [1.807, 2.05) is 0 Å². The van der Waals surface area contributed by atoms with Crippen molar-refractivity contribution in [3.63, 3.8) is 0 Å². The summed E-state index contributed by atoms with van der Waals surface area (Å²) >= 11 is 6.11. The van der Waals surface area contributed by atoms with Crippen molar-refractivity contribution in [2.75, 3.05) is 0 Å². The molecule has 2 aliphatic rings. The summed E-state index contributed by atoms with van der Waals surface area (Å²) in [6.07, 6.45) is -4.42. The van der Waals surface area contributed by atoms with Gasteiger partial charge < -0.3 is 5.11 Å². The highest BCUT2D eigenvalue weighted by atomic mass is 35.5. The molecule has 2 aliphatic carbocycles. The van der Waals surface area contributed by atoms with Gasteiger partial charge in [0.1, 0.15) is 23.3 Å². The number of nitrogens with zero attached hydrogens (tertiary/aromatic N) is 2. The van der Waals surface area contributed by atoms with Gasteiger partial charge in [0.25, 0.3) is 0 Å². The van der Waals surface area contributed by atoms with Gasteiger partial charge >= 0.3 is 6.18 Å². The van der Waals surface area contributed by atoms with E-state index >= 15 is 4.39 Å². The maximum atomic E-state index is 15.5. The monoisotopic (exact) mass is 568 g/mol. The zero-order chi connectivity index (χ0) is 28.3. The molecule has 1 saturated carbocycles. The molecule has 0 bridgehead atoms. The molecule has 0 aliphatic heterocycles. The Morgan fingerprint density at radius 2 is 1.80 bits per heavy atom. The summed E-state index contributed by atoms with van der Waals surface area (Å²) in [5.41, 5.74) is -0.709. The van der Waals surface area contributed by atoms with Gasteiger partial charge in [0.2, 0.25) is 5.78 Å². The molecule has 6 rings (SSSR count). The number of halogens is 5. The first-order chi connectivity index (χ1) is 19.1. The second-order valence-corrected chi connectivity index (χ2v) is 10.5. The first-order valence-electron chi connectivity index (χ1n) is 12.7. The Labute approximate surface area is 231 Å². The molecular weight excluding hydrogens is 548 g/mol. The van der Waals surface area contributed by atoms with Crippen molar-refractivity contribution in [1.29, 1.82) is 0 Å². The lowest BCUT2D eigenvalue weighted by Gasteiger charge is -2.16. The van der Waals surface area contributed by atoms with Crippen LogP contribution in [0.5, 0.6) is 0 Å². The van der Waals surface area contributed by atoms with Crippen molar-refractivity contribution >= 4 is 23.2 Å². The van der Waals surface area contributed by atoms with Gasteiger partial charge in [0.05, 0.1) is 16.1 Å². The number of Topliss-reactive ketones (excluding diaryl/α,β-unsaturated/α-hetero) is 1. The molecule has 1 heterocycles. The molecule has 4 aromatic rings. The zero-order valence-corrected chi connectivity index (χ0v) is 21.5. The van der Waals surface area contributed by atoms with Crippen LogP contribution in [-0.2, 0) is 12.6 Å². The molecular formula is C30H21ClF4N2O3. The molecule has 1 aromatic heterocycles. The normalized spacial score (nSPS) is 18.6. The standard InChI is InChI=1S/C30H21ClF4N2O3/c31-20-8-4-7-19(30(33,34)35)25(20)29(40)26-24-18-13-16(18)9-12-23(24)37(36-26)22-11-10-17(14-21(22)32)28(39)27(38)15-5-2-1-3-6-15/h1-8,10-11,14,16,18,28,39H,9,12-13H2. The number of aromatic nitrogens is 2. The summed E-state index contributed by atoms with van der Waals surface area (Å²) < 4.78 is 58.1. The van der Waals surface area contributed by atoms with E-state index in [0.717, 1.165) is 31.0 Å². The number of fused-ring (bicyclic) bond motifs is 3. The van der Waals surface area contributed by atoms with Gasteiger partial charge in [-0.25, -0.2) is 9.07 Å². The van der Waals surface area contributed by atoms with E-state index in [9.17, 15) is 27.9 Å². The van der Waals surface area contributed by atoms with E-state index in [1.54, 1.807) is 30.3 Å². The number of benzene rings is 3. The Balaban J connectivity index is 1.42. The van der Waals surface area contributed by atoms with Crippen LogP contribution in [0.1, 0.15) is 73.7 Å². The topological polar surface area (TPSA) is 72.2 Å². The van der Waals surface area contributed by atoms with Crippen molar-refractivity contribution in [3.05, 3.63) is 117 Å². The summed E-state index contributed by atoms with van der Waals surface area (Å²) in [5.74, 6) is -2.15.